The van der Waals surface area contributed by atoms with Crippen molar-refractivity contribution in [2.45, 2.75) is 6.42 Å². The van der Waals surface area contributed by atoms with Crippen molar-refractivity contribution in [2.75, 3.05) is 13.2 Å². The second kappa shape index (κ2) is 7.64. The minimum Gasteiger partial charge on any atom is -0.490 e. The lowest BCUT2D eigenvalue weighted by Crippen LogP contribution is -2.09. The number of aliphatic carboxylic acids is 1. The van der Waals surface area contributed by atoms with E-state index in [1.165, 1.54) is 0 Å². The van der Waals surface area contributed by atoms with Crippen LogP contribution in [0.15, 0.2) is 47.2 Å². The van der Waals surface area contributed by atoms with Crippen molar-refractivity contribution in [1.29, 1.82) is 0 Å². The van der Waals surface area contributed by atoms with Crippen molar-refractivity contribution in [3.8, 4) is 11.5 Å². The fraction of sp³-hybridized carbons (Fsp3) is 0.200. The summed E-state index contributed by atoms with van der Waals surface area (Å²) >= 11 is 3.32. The predicted octanol–water partition coefficient (Wildman–Crippen LogP) is 2.93. The number of ether oxygens (including phenoxy) is 2. The number of carboxylic acid groups (broad SMARTS) is 1. The number of carboxylic acids is 1. The Kier molecular flexibility index (Phi) is 5.57. The largest absolute Gasteiger partial charge is 0.490 e. The monoisotopic (exact) mass is 351 g/mol. The zero-order chi connectivity index (χ0) is 15.1. The molecule has 0 saturated heterocycles. The highest BCUT2D eigenvalue weighted by Crippen LogP contribution is 2.16. The third-order valence-electron chi connectivity index (χ3n) is 2.58. The number of nitrogens with zero attached hydrogens (tertiary/aromatic N) is 1. The average Bonchev–Trinajstić information content (AvgIpc) is 2.45. The third-order valence-corrected chi connectivity index (χ3v) is 3.01. The molecule has 1 aromatic heterocycles. The lowest BCUT2D eigenvalue weighted by Gasteiger charge is -2.08. The standard InChI is InChI=1S/C15H14BrNO4/c16-12-8-14(10-17-9-12)21-6-5-20-13-3-1-11(2-4-13)7-15(18)19/h1-4,8-10H,5-7H2,(H,18,19). The van der Waals surface area contributed by atoms with Crippen LogP contribution in [0.5, 0.6) is 11.5 Å². The Labute approximate surface area is 130 Å². The van der Waals surface area contributed by atoms with Crippen LogP contribution in [-0.2, 0) is 11.2 Å². The van der Waals surface area contributed by atoms with E-state index in [1.807, 2.05) is 6.07 Å². The van der Waals surface area contributed by atoms with Crippen LogP contribution in [0, 0.1) is 0 Å². The number of aromatic nitrogens is 1. The Hall–Kier alpha value is -2.08. The molecule has 2 aromatic rings. The maximum atomic E-state index is 10.6. The van der Waals surface area contributed by atoms with Crippen molar-refractivity contribution >= 4 is 21.9 Å². The molecule has 0 bridgehead atoms. The van der Waals surface area contributed by atoms with Gasteiger partial charge in [0.05, 0.1) is 12.6 Å². The smallest absolute Gasteiger partial charge is 0.307 e. The van der Waals surface area contributed by atoms with E-state index in [1.54, 1.807) is 36.7 Å². The highest BCUT2D eigenvalue weighted by atomic mass is 79.9. The van der Waals surface area contributed by atoms with Crippen LogP contribution in [-0.4, -0.2) is 29.3 Å². The first-order valence-electron chi connectivity index (χ1n) is 6.30. The van der Waals surface area contributed by atoms with E-state index in [0.717, 1.165) is 10.0 Å². The Morgan fingerprint density at radius 3 is 2.38 bits per heavy atom. The number of halogens is 1. The SMILES string of the molecule is O=C(O)Cc1ccc(OCCOc2cncc(Br)c2)cc1. The molecule has 1 N–H and O–H groups in total. The molecule has 0 unspecified atom stereocenters. The van der Waals surface area contributed by atoms with Gasteiger partial charge < -0.3 is 14.6 Å². The van der Waals surface area contributed by atoms with E-state index < -0.39 is 5.97 Å². The first kappa shape index (κ1) is 15.3. The molecule has 110 valence electrons. The zero-order valence-corrected chi connectivity index (χ0v) is 12.7. The summed E-state index contributed by atoms with van der Waals surface area (Å²) in [7, 11) is 0. The third kappa shape index (κ3) is 5.43. The van der Waals surface area contributed by atoms with Crippen LogP contribution in [0.2, 0.25) is 0 Å². The summed E-state index contributed by atoms with van der Waals surface area (Å²) in [4.78, 5) is 14.6. The van der Waals surface area contributed by atoms with Gasteiger partial charge in [-0.1, -0.05) is 12.1 Å². The van der Waals surface area contributed by atoms with Gasteiger partial charge in [0, 0.05) is 10.7 Å². The van der Waals surface area contributed by atoms with Crippen LogP contribution in [0.1, 0.15) is 5.56 Å². The minimum atomic E-state index is -0.848. The summed E-state index contributed by atoms with van der Waals surface area (Å²) in [6.07, 6.45) is 3.33. The number of hydrogen-bond donors (Lipinski definition) is 1. The topological polar surface area (TPSA) is 68.7 Å². The maximum Gasteiger partial charge on any atom is 0.307 e. The van der Waals surface area contributed by atoms with Gasteiger partial charge in [-0.15, -0.1) is 0 Å². The van der Waals surface area contributed by atoms with Crippen molar-refractivity contribution in [3.05, 3.63) is 52.8 Å². The quantitative estimate of drug-likeness (QED) is 0.776. The van der Waals surface area contributed by atoms with Crippen LogP contribution < -0.4 is 9.47 Å². The molecule has 0 amide bonds. The van der Waals surface area contributed by atoms with Crippen LogP contribution in [0.25, 0.3) is 0 Å². The summed E-state index contributed by atoms with van der Waals surface area (Å²) in [5.74, 6) is 0.504. The maximum absolute atomic E-state index is 10.6. The summed E-state index contributed by atoms with van der Waals surface area (Å²) in [5.41, 5.74) is 0.742. The molecule has 0 atom stereocenters. The van der Waals surface area contributed by atoms with Crippen LogP contribution >= 0.6 is 15.9 Å². The highest BCUT2D eigenvalue weighted by molar-refractivity contribution is 9.10. The molecule has 0 aliphatic carbocycles. The van der Waals surface area contributed by atoms with Gasteiger partial charge in [0.1, 0.15) is 24.7 Å². The highest BCUT2D eigenvalue weighted by Gasteiger charge is 2.01. The van der Waals surface area contributed by atoms with Crippen molar-refractivity contribution in [3.63, 3.8) is 0 Å². The number of hydrogen-bond acceptors (Lipinski definition) is 4. The number of pyridine rings is 1. The minimum absolute atomic E-state index is 0.0132. The van der Waals surface area contributed by atoms with Crippen LogP contribution in [0.3, 0.4) is 0 Å². The Morgan fingerprint density at radius 1 is 1.10 bits per heavy atom. The molecule has 1 aromatic carbocycles. The van der Waals surface area contributed by atoms with Crippen molar-refractivity contribution < 1.29 is 19.4 Å². The van der Waals surface area contributed by atoms with E-state index in [4.69, 9.17) is 14.6 Å². The van der Waals surface area contributed by atoms with Crippen LogP contribution in [0.4, 0.5) is 0 Å². The van der Waals surface area contributed by atoms with E-state index in [0.29, 0.717) is 24.7 Å². The van der Waals surface area contributed by atoms with E-state index in [9.17, 15) is 4.79 Å². The molecule has 6 heteroatoms. The molecular weight excluding hydrogens is 338 g/mol. The fourth-order valence-electron chi connectivity index (χ4n) is 1.67. The van der Waals surface area contributed by atoms with Gasteiger partial charge in [-0.05, 0) is 39.7 Å². The summed E-state index contributed by atoms with van der Waals surface area (Å²) in [5, 5.41) is 8.68. The van der Waals surface area contributed by atoms with E-state index >= 15 is 0 Å². The summed E-state index contributed by atoms with van der Waals surface area (Å²) < 4.78 is 11.9. The second-order valence-electron chi connectivity index (χ2n) is 4.25. The van der Waals surface area contributed by atoms with Crippen molar-refractivity contribution in [1.82, 2.24) is 4.98 Å². The molecular formula is C15H14BrNO4. The van der Waals surface area contributed by atoms with Gasteiger partial charge in [-0.3, -0.25) is 9.78 Å². The van der Waals surface area contributed by atoms with Gasteiger partial charge in [0.15, 0.2) is 0 Å². The van der Waals surface area contributed by atoms with Gasteiger partial charge in [-0.25, -0.2) is 0 Å². The zero-order valence-electron chi connectivity index (χ0n) is 11.2. The van der Waals surface area contributed by atoms with E-state index in [2.05, 4.69) is 20.9 Å². The van der Waals surface area contributed by atoms with Gasteiger partial charge >= 0.3 is 5.97 Å². The van der Waals surface area contributed by atoms with Crippen molar-refractivity contribution in [2.24, 2.45) is 0 Å². The van der Waals surface area contributed by atoms with Gasteiger partial charge in [-0.2, -0.15) is 0 Å². The number of benzene rings is 1. The lowest BCUT2D eigenvalue weighted by molar-refractivity contribution is -0.136. The van der Waals surface area contributed by atoms with Gasteiger partial charge in [0.25, 0.3) is 0 Å². The molecule has 21 heavy (non-hydrogen) atoms. The Morgan fingerprint density at radius 2 is 1.76 bits per heavy atom. The molecule has 5 nitrogen and oxygen atoms in total. The summed E-state index contributed by atoms with van der Waals surface area (Å²) in [6.45, 7) is 0.791. The molecule has 2 rings (SSSR count). The molecule has 0 saturated carbocycles. The Balaban J connectivity index is 1.74. The van der Waals surface area contributed by atoms with Gasteiger partial charge in [0.2, 0.25) is 0 Å². The number of rotatable bonds is 7. The lowest BCUT2D eigenvalue weighted by atomic mass is 10.1. The first-order valence-corrected chi connectivity index (χ1v) is 7.09. The predicted molar refractivity (Wildman–Crippen MR) is 80.7 cm³/mol. The van der Waals surface area contributed by atoms with E-state index in [-0.39, 0.29) is 6.42 Å². The second-order valence-corrected chi connectivity index (χ2v) is 5.17. The molecule has 0 radical (unpaired) electrons. The molecule has 1 heterocycles. The number of carbonyl (C=O) groups is 1. The fourth-order valence-corrected chi connectivity index (χ4v) is 2.01. The molecule has 0 aliphatic rings. The Bertz CT molecular complexity index is 601. The first-order chi connectivity index (χ1) is 10.1. The summed E-state index contributed by atoms with van der Waals surface area (Å²) in [6, 6.07) is 8.80. The molecule has 0 fully saturated rings. The normalized spacial score (nSPS) is 10.1. The molecule has 0 spiro atoms. The average molecular weight is 352 g/mol. The molecule has 0 aliphatic heterocycles.